The van der Waals surface area contributed by atoms with Crippen LogP contribution in [-0.2, 0) is 4.79 Å². The van der Waals surface area contributed by atoms with Crippen molar-refractivity contribution in [1.82, 2.24) is 5.43 Å². The standard InChI is InChI=1S/C27H27ClN4O5/c1-16(2)23-13-24(28)17(3)11-26(23)37-15-27(34)31-30-18(4)19-5-7-21(8-6-19)29-14-20-12-22(32(35)36)9-10-25(20)33/h5-14,16,33H,15H2,1-4H3,(H,31,34)/b29-14?,30-18-. The molecule has 0 unspecified atom stereocenters. The molecule has 0 heterocycles. The first-order chi connectivity index (χ1) is 17.5. The van der Waals surface area contributed by atoms with Crippen molar-refractivity contribution in [2.75, 3.05) is 6.61 Å². The van der Waals surface area contributed by atoms with E-state index < -0.39 is 10.8 Å². The number of nitro groups is 1. The number of phenols is 1. The summed E-state index contributed by atoms with van der Waals surface area (Å²) in [7, 11) is 0. The van der Waals surface area contributed by atoms with Crippen molar-refractivity contribution in [2.24, 2.45) is 10.1 Å². The summed E-state index contributed by atoms with van der Waals surface area (Å²) < 4.78 is 5.73. The molecule has 3 rings (SSSR count). The van der Waals surface area contributed by atoms with Crippen LogP contribution in [0.5, 0.6) is 11.5 Å². The van der Waals surface area contributed by atoms with Crippen LogP contribution in [0, 0.1) is 17.0 Å². The maximum absolute atomic E-state index is 12.3. The highest BCUT2D eigenvalue weighted by atomic mass is 35.5. The van der Waals surface area contributed by atoms with E-state index >= 15 is 0 Å². The molecule has 2 N–H and O–H groups in total. The first-order valence-electron chi connectivity index (χ1n) is 11.4. The second-order valence-corrected chi connectivity index (χ2v) is 9.03. The number of non-ortho nitro benzene ring substituents is 1. The van der Waals surface area contributed by atoms with E-state index in [4.69, 9.17) is 16.3 Å². The second-order valence-electron chi connectivity index (χ2n) is 8.62. The Bertz CT molecular complexity index is 1370. The second kappa shape index (κ2) is 12.1. The number of aliphatic imine (C=N–C) groups is 1. The molecule has 0 saturated heterocycles. The van der Waals surface area contributed by atoms with Gasteiger partial charge >= 0.3 is 0 Å². The Morgan fingerprint density at radius 1 is 1.19 bits per heavy atom. The number of halogens is 1. The van der Waals surface area contributed by atoms with Crippen LogP contribution in [0.1, 0.15) is 48.9 Å². The molecule has 3 aromatic carbocycles. The zero-order valence-electron chi connectivity index (χ0n) is 20.9. The Labute approximate surface area is 219 Å². The number of benzene rings is 3. The maximum atomic E-state index is 12.3. The van der Waals surface area contributed by atoms with Crippen molar-refractivity contribution in [1.29, 1.82) is 0 Å². The summed E-state index contributed by atoms with van der Waals surface area (Å²) in [6, 6.07) is 14.4. The van der Waals surface area contributed by atoms with Crippen LogP contribution in [0.2, 0.25) is 5.02 Å². The largest absolute Gasteiger partial charge is 0.507 e. The molecule has 0 spiro atoms. The molecule has 192 valence electrons. The van der Waals surface area contributed by atoms with Gasteiger partial charge in [-0.3, -0.25) is 19.9 Å². The lowest BCUT2D eigenvalue weighted by molar-refractivity contribution is -0.384. The average molecular weight is 523 g/mol. The van der Waals surface area contributed by atoms with Gasteiger partial charge in [0.15, 0.2) is 6.61 Å². The normalized spacial score (nSPS) is 11.7. The Hall–Kier alpha value is -4.24. The number of hydrogen-bond acceptors (Lipinski definition) is 7. The number of hydrogen-bond donors (Lipinski definition) is 2. The molecule has 9 nitrogen and oxygen atoms in total. The topological polar surface area (TPSA) is 126 Å². The number of phenolic OH excluding ortho intramolecular Hbond substituents is 1. The Morgan fingerprint density at radius 2 is 1.89 bits per heavy atom. The number of ether oxygens (including phenoxy) is 1. The molecule has 10 heteroatoms. The monoisotopic (exact) mass is 522 g/mol. The first kappa shape index (κ1) is 27.3. The van der Waals surface area contributed by atoms with E-state index in [2.05, 4.69) is 15.5 Å². The summed E-state index contributed by atoms with van der Waals surface area (Å²) in [5.74, 6) is 0.280. The van der Waals surface area contributed by atoms with E-state index in [-0.39, 0.29) is 29.5 Å². The Morgan fingerprint density at radius 3 is 2.54 bits per heavy atom. The minimum Gasteiger partial charge on any atom is -0.507 e. The lowest BCUT2D eigenvalue weighted by Gasteiger charge is -2.15. The predicted molar refractivity (Wildman–Crippen MR) is 145 cm³/mol. The van der Waals surface area contributed by atoms with Gasteiger partial charge in [-0.05, 0) is 66.8 Å². The van der Waals surface area contributed by atoms with Gasteiger partial charge in [0.1, 0.15) is 11.5 Å². The number of aryl methyl sites for hydroxylation is 1. The summed E-state index contributed by atoms with van der Waals surface area (Å²) >= 11 is 6.22. The number of carbonyl (C=O) groups excluding carboxylic acids is 1. The number of amides is 1. The molecule has 0 aliphatic heterocycles. The Balaban J connectivity index is 1.61. The maximum Gasteiger partial charge on any atom is 0.277 e. The highest BCUT2D eigenvalue weighted by Crippen LogP contribution is 2.32. The summed E-state index contributed by atoms with van der Waals surface area (Å²) in [6.07, 6.45) is 1.35. The third kappa shape index (κ3) is 7.37. The van der Waals surface area contributed by atoms with Gasteiger partial charge in [-0.1, -0.05) is 37.6 Å². The van der Waals surface area contributed by atoms with E-state index in [9.17, 15) is 20.0 Å². The van der Waals surface area contributed by atoms with Crippen molar-refractivity contribution in [3.05, 3.63) is 92.0 Å². The van der Waals surface area contributed by atoms with Crippen LogP contribution in [0.25, 0.3) is 0 Å². The van der Waals surface area contributed by atoms with Crippen molar-refractivity contribution >= 4 is 40.8 Å². The van der Waals surface area contributed by atoms with Crippen LogP contribution >= 0.6 is 11.6 Å². The number of hydrazone groups is 1. The molecule has 1 amide bonds. The van der Waals surface area contributed by atoms with Crippen molar-refractivity contribution in [3.8, 4) is 11.5 Å². The van der Waals surface area contributed by atoms with Crippen molar-refractivity contribution < 1.29 is 19.6 Å². The SMILES string of the molecule is C/C(=N/NC(=O)COc1cc(C)c(Cl)cc1C(C)C)c1ccc(N=Cc2cc([N+](=O)[O-])ccc2O)cc1. The summed E-state index contributed by atoms with van der Waals surface area (Å²) in [6.45, 7) is 7.47. The lowest BCUT2D eigenvalue weighted by atomic mass is 10.0. The zero-order chi connectivity index (χ0) is 27.1. The number of carbonyl (C=O) groups is 1. The van der Waals surface area contributed by atoms with Gasteiger partial charge in [-0.2, -0.15) is 5.10 Å². The zero-order valence-corrected chi connectivity index (χ0v) is 21.6. The molecule has 0 aliphatic rings. The predicted octanol–water partition coefficient (Wildman–Crippen LogP) is 6.06. The van der Waals surface area contributed by atoms with Gasteiger partial charge in [0.05, 0.1) is 16.3 Å². The highest BCUT2D eigenvalue weighted by Gasteiger charge is 2.13. The summed E-state index contributed by atoms with van der Waals surface area (Å²) in [5, 5.41) is 25.6. The van der Waals surface area contributed by atoms with Gasteiger partial charge in [0.25, 0.3) is 11.6 Å². The fourth-order valence-electron chi connectivity index (χ4n) is 3.32. The number of rotatable bonds is 9. The third-order valence-corrected chi connectivity index (χ3v) is 5.89. The molecule has 0 bridgehead atoms. The Kier molecular flexibility index (Phi) is 8.97. The van der Waals surface area contributed by atoms with E-state index in [1.165, 1.54) is 24.4 Å². The van der Waals surface area contributed by atoms with Crippen LogP contribution in [0.4, 0.5) is 11.4 Å². The molecule has 0 atom stereocenters. The molecule has 37 heavy (non-hydrogen) atoms. The first-order valence-corrected chi connectivity index (χ1v) is 11.8. The molecule has 0 saturated carbocycles. The number of nitrogens with one attached hydrogen (secondary N) is 1. The van der Waals surface area contributed by atoms with Gasteiger partial charge in [-0.25, -0.2) is 5.43 Å². The fraction of sp³-hybridized carbons (Fsp3) is 0.222. The lowest BCUT2D eigenvalue weighted by Crippen LogP contribution is -2.26. The van der Waals surface area contributed by atoms with Gasteiger partial charge in [0.2, 0.25) is 0 Å². The van der Waals surface area contributed by atoms with Crippen LogP contribution < -0.4 is 10.2 Å². The minimum atomic E-state index is -0.542. The molecular weight excluding hydrogens is 496 g/mol. The molecule has 0 aromatic heterocycles. The van der Waals surface area contributed by atoms with Gasteiger partial charge in [-0.15, -0.1) is 0 Å². The van der Waals surface area contributed by atoms with E-state index in [1.54, 1.807) is 31.2 Å². The third-order valence-electron chi connectivity index (χ3n) is 5.48. The van der Waals surface area contributed by atoms with E-state index in [0.717, 1.165) is 16.7 Å². The molecular formula is C27H27ClN4O5. The van der Waals surface area contributed by atoms with Gasteiger partial charge < -0.3 is 9.84 Å². The van der Waals surface area contributed by atoms with Crippen molar-refractivity contribution in [2.45, 2.75) is 33.6 Å². The molecule has 0 aliphatic carbocycles. The molecule has 0 fully saturated rings. The number of aromatic hydroxyl groups is 1. The summed E-state index contributed by atoms with van der Waals surface area (Å²) in [4.78, 5) is 26.9. The highest BCUT2D eigenvalue weighted by molar-refractivity contribution is 6.31. The summed E-state index contributed by atoms with van der Waals surface area (Å²) in [5.41, 5.74) is 6.27. The van der Waals surface area contributed by atoms with Crippen LogP contribution in [-0.4, -0.2) is 34.5 Å². The van der Waals surface area contributed by atoms with E-state index in [0.29, 0.717) is 22.2 Å². The van der Waals surface area contributed by atoms with Gasteiger partial charge in [0, 0.05) is 28.9 Å². The molecule has 0 radical (unpaired) electrons. The number of nitro benzene ring substituents is 1. The number of nitrogens with zero attached hydrogens (tertiary/aromatic N) is 3. The molecule has 3 aromatic rings. The fourth-order valence-corrected chi connectivity index (χ4v) is 3.50. The smallest absolute Gasteiger partial charge is 0.277 e. The van der Waals surface area contributed by atoms with Crippen molar-refractivity contribution in [3.63, 3.8) is 0 Å². The van der Waals surface area contributed by atoms with Crippen LogP contribution in [0.15, 0.2) is 64.7 Å². The average Bonchev–Trinajstić information content (AvgIpc) is 2.87. The van der Waals surface area contributed by atoms with E-state index in [1.807, 2.05) is 32.9 Å². The quantitative estimate of drug-likeness (QED) is 0.201. The minimum absolute atomic E-state index is 0.111. The van der Waals surface area contributed by atoms with Crippen LogP contribution in [0.3, 0.4) is 0 Å².